The topological polar surface area (TPSA) is 66.9 Å². The van der Waals surface area contributed by atoms with Gasteiger partial charge < -0.3 is 5.32 Å². The third-order valence-corrected chi connectivity index (χ3v) is 3.59. The van der Waals surface area contributed by atoms with Crippen LogP contribution in [0.25, 0.3) is 0 Å². The number of benzene rings is 1. The van der Waals surface area contributed by atoms with Crippen LogP contribution in [0.5, 0.6) is 0 Å². The summed E-state index contributed by atoms with van der Waals surface area (Å²) in [5.41, 5.74) is 4.09. The largest absolute Gasteiger partial charge is 0.301 e. The number of fused-ring (bicyclic) bond motifs is 1. The first kappa shape index (κ1) is 11.3. The van der Waals surface area contributed by atoms with Gasteiger partial charge in [0.2, 0.25) is 11.0 Å². The number of hydrogen-bond acceptors (Lipinski definition) is 5. The van der Waals surface area contributed by atoms with Gasteiger partial charge in [0.05, 0.1) is 6.04 Å². The van der Waals surface area contributed by atoms with E-state index in [4.69, 9.17) is 0 Å². The highest BCUT2D eigenvalue weighted by Crippen LogP contribution is 2.17. The second kappa shape index (κ2) is 4.83. The Morgan fingerprint density at radius 3 is 3.00 bits per heavy atom. The van der Waals surface area contributed by atoms with Crippen molar-refractivity contribution < 1.29 is 4.79 Å². The van der Waals surface area contributed by atoms with Crippen LogP contribution in [0, 0.1) is 0 Å². The van der Waals surface area contributed by atoms with E-state index in [1.807, 2.05) is 12.1 Å². The third-order valence-electron chi connectivity index (χ3n) is 2.99. The zero-order chi connectivity index (χ0) is 12.4. The Kier molecular flexibility index (Phi) is 3.04. The first-order chi connectivity index (χ1) is 8.83. The SMILES string of the molecule is O=C(Nc1nncs1)[C@H]1Cc2ccccc2CN1. The summed E-state index contributed by atoms with van der Waals surface area (Å²) in [5, 5.41) is 14.0. The zero-order valence-corrected chi connectivity index (χ0v) is 10.4. The molecule has 0 spiro atoms. The predicted octanol–water partition coefficient (Wildman–Crippen LogP) is 1.19. The molecule has 2 N–H and O–H groups in total. The summed E-state index contributed by atoms with van der Waals surface area (Å²) in [6.07, 6.45) is 0.709. The van der Waals surface area contributed by atoms with Crippen molar-refractivity contribution >= 4 is 22.4 Å². The number of carbonyl (C=O) groups excluding carboxylic acids is 1. The average Bonchev–Trinajstić information content (AvgIpc) is 2.91. The molecule has 1 aromatic heterocycles. The van der Waals surface area contributed by atoms with Gasteiger partial charge in [0.15, 0.2) is 0 Å². The maximum atomic E-state index is 12.0. The normalized spacial score (nSPS) is 18.1. The summed E-state index contributed by atoms with van der Waals surface area (Å²) >= 11 is 1.32. The van der Waals surface area contributed by atoms with Crippen molar-refractivity contribution in [2.24, 2.45) is 0 Å². The molecule has 0 radical (unpaired) electrons. The molecule has 0 saturated carbocycles. The van der Waals surface area contributed by atoms with E-state index in [0.29, 0.717) is 11.6 Å². The molecule has 0 fully saturated rings. The quantitative estimate of drug-likeness (QED) is 0.851. The van der Waals surface area contributed by atoms with Gasteiger partial charge in [-0.25, -0.2) is 0 Å². The fourth-order valence-electron chi connectivity index (χ4n) is 2.06. The lowest BCUT2D eigenvalue weighted by atomic mass is 9.95. The van der Waals surface area contributed by atoms with Gasteiger partial charge in [-0.15, -0.1) is 10.2 Å². The molecule has 0 bridgehead atoms. The van der Waals surface area contributed by atoms with E-state index in [1.54, 1.807) is 5.51 Å². The van der Waals surface area contributed by atoms with E-state index in [0.717, 1.165) is 6.54 Å². The van der Waals surface area contributed by atoms with Crippen LogP contribution in [0.15, 0.2) is 29.8 Å². The molecule has 0 aliphatic carbocycles. The lowest BCUT2D eigenvalue weighted by Gasteiger charge is -2.24. The Hall–Kier alpha value is -1.79. The van der Waals surface area contributed by atoms with E-state index in [1.165, 1.54) is 22.5 Å². The predicted molar refractivity (Wildman–Crippen MR) is 69.3 cm³/mol. The highest BCUT2D eigenvalue weighted by molar-refractivity contribution is 7.13. The van der Waals surface area contributed by atoms with Crippen LogP contribution >= 0.6 is 11.3 Å². The number of anilines is 1. The van der Waals surface area contributed by atoms with E-state index in [9.17, 15) is 4.79 Å². The Balaban J connectivity index is 1.70. The van der Waals surface area contributed by atoms with E-state index >= 15 is 0 Å². The van der Waals surface area contributed by atoms with Crippen LogP contribution in [-0.2, 0) is 17.8 Å². The Morgan fingerprint density at radius 2 is 2.22 bits per heavy atom. The van der Waals surface area contributed by atoms with Crippen LogP contribution in [0.3, 0.4) is 0 Å². The van der Waals surface area contributed by atoms with Gasteiger partial charge in [-0.3, -0.25) is 10.1 Å². The molecular formula is C12H12N4OS. The van der Waals surface area contributed by atoms with Crippen molar-refractivity contribution in [1.29, 1.82) is 0 Å². The lowest BCUT2D eigenvalue weighted by molar-refractivity contribution is -0.118. The minimum atomic E-state index is -0.205. The minimum Gasteiger partial charge on any atom is -0.301 e. The van der Waals surface area contributed by atoms with Crippen LogP contribution in [0.1, 0.15) is 11.1 Å². The van der Waals surface area contributed by atoms with Crippen LogP contribution in [0.4, 0.5) is 5.13 Å². The minimum absolute atomic E-state index is 0.0544. The monoisotopic (exact) mass is 260 g/mol. The second-order valence-electron chi connectivity index (χ2n) is 4.14. The van der Waals surface area contributed by atoms with Gasteiger partial charge in [0, 0.05) is 6.54 Å². The molecule has 2 heterocycles. The lowest BCUT2D eigenvalue weighted by Crippen LogP contribution is -2.44. The van der Waals surface area contributed by atoms with Crippen molar-refractivity contribution in [2.45, 2.75) is 19.0 Å². The summed E-state index contributed by atoms with van der Waals surface area (Å²) in [6.45, 7) is 0.727. The number of aromatic nitrogens is 2. The van der Waals surface area contributed by atoms with E-state index in [2.05, 4.69) is 33.0 Å². The van der Waals surface area contributed by atoms with Crippen molar-refractivity contribution in [3.8, 4) is 0 Å². The summed E-state index contributed by atoms with van der Waals surface area (Å²) < 4.78 is 0. The second-order valence-corrected chi connectivity index (χ2v) is 4.97. The molecule has 1 amide bonds. The molecule has 1 atom stereocenters. The Bertz CT molecular complexity index is 555. The smallest absolute Gasteiger partial charge is 0.243 e. The van der Waals surface area contributed by atoms with Crippen molar-refractivity contribution in [1.82, 2.24) is 15.5 Å². The molecule has 1 aliphatic heterocycles. The van der Waals surface area contributed by atoms with Gasteiger partial charge in [0.25, 0.3) is 0 Å². The first-order valence-corrected chi connectivity index (χ1v) is 6.58. The zero-order valence-electron chi connectivity index (χ0n) is 9.59. The first-order valence-electron chi connectivity index (χ1n) is 5.70. The summed E-state index contributed by atoms with van der Waals surface area (Å²) in [6, 6.07) is 7.97. The number of amides is 1. The van der Waals surface area contributed by atoms with Gasteiger partial charge in [-0.1, -0.05) is 35.6 Å². The van der Waals surface area contributed by atoms with Crippen LogP contribution in [-0.4, -0.2) is 22.1 Å². The molecule has 1 aliphatic rings. The van der Waals surface area contributed by atoms with E-state index < -0.39 is 0 Å². The maximum absolute atomic E-state index is 12.0. The van der Waals surface area contributed by atoms with Crippen molar-refractivity contribution in [3.05, 3.63) is 40.9 Å². The molecule has 92 valence electrons. The molecule has 0 saturated heterocycles. The van der Waals surface area contributed by atoms with Gasteiger partial charge in [-0.05, 0) is 17.5 Å². The van der Waals surface area contributed by atoms with Crippen molar-refractivity contribution in [3.63, 3.8) is 0 Å². The van der Waals surface area contributed by atoms with Gasteiger partial charge >= 0.3 is 0 Å². The van der Waals surface area contributed by atoms with E-state index in [-0.39, 0.29) is 11.9 Å². The Labute approximate surface area is 108 Å². The number of rotatable bonds is 2. The molecule has 3 rings (SSSR count). The molecule has 18 heavy (non-hydrogen) atoms. The fourth-order valence-corrected chi connectivity index (χ4v) is 2.51. The fraction of sp³-hybridized carbons (Fsp3) is 0.250. The highest BCUT2D eigenvalue weighted by atomic mass is 32.1. The molecule has 6 heteroatoms. The van der Waals surface area contributed by atoms with Gasteiger partial charge in [-0.2, -0.15) is 0 Å². The van der Waals surface area contributed by atoms with Crippen LogP contribution < -0.4 is 10.6 Å². The molecular weight excluding hydrogens is 248 g/mol. The third kappa shape index (κ3) is 2.25. The standard InChI is InChI=1S/C12H12N4OS/c17-11(15-12-16-14-7-18-12)10-5-8-3-1-2-4-9(8)6-13-10/h1-4,7,10,13H,5-6H2,(H,15,16,17)/t10-/m1/s1. The number of carbonyl (C=O) groups is 1. The summed E-state index contributed by atoms with van der Waals surface area (Å²) in [4.78, 5) is 12.0. The number of nitrogens with one attached hydrogen (secondary N) is 2. The number of hydrogen-bond donors (Lipinski definition) is 2. The van der Waals surface area contributed by atoms with Gasteiger partial charge in [0.1, 0.15) is 5.51 Å². The molecule has 1 aromatic carbocycles. The van der Waals surface area contributed by atoms with Crippen molar-refractivity contribution in [2.75, 3.05) is 5.32 Å². The Morgan fingerprint density at radius 1 is 1.39 bits per heavy atom. The summed E-state index contributed by atoms with van der Waals surface area (Å²) in [7, 11) is 0. The number of nitrogens with zero attached hydrogens (tertiary/aromatic N) is 2. The molecule has 5 nitrogen and oxygen atoms in total. The molecule has 2 aromatic rings. The summed E-state index contributed by atoms with van der Waals surface area (Å²) in [5.74, 6) is -0.0544. The van der Waals surface area contributed by atoms with Crippen LogP contribution in [0.2, 0.25) is 0 Å². The molecule has 0 unspecified atom stereocenters. The maximum Gasteiger partial charge on any atom is 0.243 e. The highest BCUT2D eigenvalue weighted by Gasteiger charge is 2.24. The average molecular weight is 260 g/mol.